The van der Waals surface area contributed by atoms with Crippen molar-refractivity contribution < 1.29 is 21.7 Å². The second kappa shape index (κ2) is 7.50. The Hall–Kier alpha value is -1.09. The molecular formula is C17H29F2N3O3S. The van der Waals surface area contributed by atoms with E-state index < -0.39 is 27.1 Å². The van der Waals surface area contributed by atoms with E-state index in [9.17, 15) is 17.2 Å². The van der Waals surface area contributed by atoms with Crippen LogP contribution in [0.5, 0.6) is 0 Å². The lowest BCUT2D eigenvalue weighted by atomic mass is 9.86. The van der Waals surface area contributed by atoms with Gasteiger partial charge in [0.1, 0.15) is 0 Å². The second-order valence-electron chi connectivity index (χ2n) is 8.02. The molecule has 26 heavy (non-hydrogen) atoms. The molecule has 0 saturated carbocycles. The highest BCUT2D eigenvalue weighted by Gasteiger charge is 2.48. The number of halogens is 2. The molecule has 0 bridgehead atoms. The van der Waals surface area contributed by atoms with Gasteiger partial charge >= 0.3 is 0 Å². The van der Waals surface area contributed by atoms with Crippen LogP contribution in [-0.2, 0) is 10.0 Å². The number of nitrogens with zero attached hydrogens (tertiary/aromatic N) is 3. The van der Waals surface area contributed by atoms with Crippen LogP contribution in [0, 0.1) is 5.41 Å². The predicted molar refractivity (Wildman–Crippen MR) is 94.7 cm³/mol. The summed E-state index contributed by atoms with van der Waals surface area (Å²) in [5, 5.41) is 4.00. The van der Waals surface area contributed by atoms with Crippen LogP contribution in [0.4, 0.5) is 8.78 Å². The number of piperidine rings is 1. The summed E-state index contributed by atoms with van der Waals surface area (Å²) >= 11 is 0. The normalized spacial score (nSPS) is 18.6. The minimum Gasteiger partial charge on any atom is -0.339 e. The maximum absolute atomic E-state index is 14.1. The van der Waals surface area contributed by atoms with Crippen LogP contribution in [0.25, 0.3) is 0 Å². The molecule has 0 unspecified atom stereocenters. The third-order valence-corrected chi connectivity index (χ3v) is 7.38. The third kappa shape index (κ3) is 4.42. The van der Waals surface area contributed by atoms with Crippen molar-refractivity contribution in [3.63, 3.8) is 0 Å². The number of rotatable bonds is 7. The summed E-state index contributed by atoms with van der Waals surface area (Å²) in [6, 6.07) is 0. The van der Waals surface area contributed by atoms with Crippen molar-refractivity contribution >= 4 is 10.0 Å². The predicted octanol–water partition coefficient (Wildman–Crippen LogP) is 3.77. The Labute approximate surface area is 154 Å². The number of aromatic nitrogens is 2. The molecule has 0 amide bonds. The number of hydrogen-bond donors (Lipinski definition) is 0. The van der Waals surface area contributed by atoms with Gasteiger partial charge in [-0.15, -0.1) is 0 Å². The Kier molecular flexibility index (Phi) is 6.12. The fraction of sp³-hybridized carbons (Fsp3) is 0.882. The molecule has 2 rings (SSSR count). The highest BCUT2D eigenvalue weighted by atomic mass is 32.2. The van der Waals surface area contributed by atoms with Gasteiger partial charge in [-0.05, 0) is 12.8 Å². The molecule has 6 nitrogen and oxygen atoms in total. The Morgan fingerprint density at radius 1 is 1.27 bits per heavy atom. The Bertz CT molecular complexity index is 709. The first kappa shape index (κ1) is 21.2. The minimum absolute atomic E-state index is 0.0304. The van der Waals surface area contributed by atoms with Crippen LogP contribution in [0.15, 0.2) is 4.52 Å². The van der Waals surface area contributed by atoms with E-state index in [4.69, 9.17) is 4.52 Å². The lowest BCUT2D eigenvalue weighted by molar-refractivity contribution is -0.0972. The largest absolute Gasteiger partial charge is 0.339 e. The van der Waals surface area contributed by atoms with Crippen molar-refractivity contribution in [2.75, 3.05) is 18.8 Å². The molecular weight excluding hydrogens is 364 g/mol. The average molecular weight is 394 g/mol. The van der Waals surface area contributed by atoms with E-state index in [-0.39, 0.29) is 31.3 Å². The van der Waals surface area contributed by atoms with Crippen LogP contribution in [-0.4, -0.2) is 47.6 Å². The highest BCUT2D eigenvalue weighted by Crippen LogP contribution is 2.41. The van der Waals surface area contributed by atoms with Crippen LogP contribution in [0.2, 0.25) is 0 Å². The Morgan fingerprint density at radius 2 is 1.85 bits per heavy atom. The van der Waals surface area contributed by atoms with Gasteiger partial charge in [0.05, 0.1) is 5.75 Å². The molecule has 1 aliphatic rings. The standard InChI is InChI=1S/C17H29F2N3O3S/c1-6-17(18,19)16(4,5)11-26(23,24)22-9-7-13(8-10-22)14-20-15(12(2)3)25-21-14/h12-13H,6-11H2,1-5H3. The molecule has 1 aliphatic heterocycles. The summed E-state index contributed by atoms with van der Waals surface area (Å²) < 4.78 is 60.0. The summed E-state index contributed by atoms with van der Waals surface area (Å²) in [7, 11) is -3.76. The molecule has 1 saturated heterocycles. The Balaban J connectivity index is 2.01. The zero-order chi connectivity index (χ0) is 19.8. The summed E-state index contributed by atoms with van der Waals surface area (Å²) in [5.41, 5.74) is -1.61. The summed E-state index contributed by atoms with van der Waals surface area (Å²) in [5.74, 6) is -2.26. The molecule has 0 radical (unpaired) electrons. The molecule has 1 fully saturated rings. The van der Waals surface area contributed by atoms with Gasteiger partial charge in [0, 0.05) is 36.8 Å². The van der Waals surface area contributed by atoms with Crippen LogP contribution in [0.1, 0.15) is 77.4 Å². The quantitative estimate of drug-likeness (QED) is 0.705. The van der Waals surface area contributed by atoms with E-state index in [1.807, 2.05) is 13.8 Å². The molecule has 1 aromatic heterocycles. The van der Waals surface area contributed by atoms with Gasteiger partial charge in [0.15, 0.2) is 5.82 Å². The van der Waals surface area contributed by atoms with Crippen molar-refractivity contribution in [2.45, 2.75) is 71.6 Å². The molecule has 0 aromatic carbocycles. The van der Waals surface area contributed by atoms with Crippen LogP contribution < -0.4 is 0 Å². The first-order valence-electron chi connectivity index (χ1n) is 9.09. The van der Waals surface area contributed by atoms with Gasteiger partial charge in [-0.1, -0.05) is 39.8 Å². The van der Waals surface area contributed by atoms with Crippen molar-refractivity contribution in [3.05, 3.63) is 11.7 Å². The molecule has 150 valence electrons. The fourth-order valence-corrected chi connectivity index (χ4v) is 5.24. The smallest absolute Gasteiger partial charge is 0.253 e. The van der Waals surface area contributed by atoms with Crippen LogP contribution >= 0.6 is 0 Å². The van der Waals surface area contributed by atoms with Gasteiger partial charge in [-0.25, -0.2) is 21.5 Å². The highest BCUT2D eigenvalue weighted by molar-refractivity contribution is 7.89. The number of alkyl halides is 2. The van der Waals surface area contributed by atoms with Crippen molar-refractivity contribution in [3.8, 4) is 0 Å². The van der Waals surface area contributed by atoms with Crippen LogP contribution in [0.3, 0.4) is 0 Å². The summed E-state index contributed by atoms with van der Waals surface area (Å²) in [6.07, 6.45) is 0.732. The second-order valence-corrected chi connectivity index (χ2v) is 9.99. The van der Waals surface area contributed by atoms with E-state index in [1.54, 1.807) is 0 Å². The minimum atomic E-state index is -3.76. The van der Waals surface area contributed by atoms with E-state index in [2.05, 4.69) is 10.1 Å². The zero-order valence-electron chi connectivity index (χ0n) is 16.1. The summed E-state index contributed by atoms with van der Waals surface area (Å²) in [6.45, 7) is 8.48. The van der Waals surface area contributed by atoms with Crippen molar-refractivity contribution in [2.24, 2.45) is 5.41 Å². The van der Waals surface area contributed by atoms with Gasteiger partial charge in [-0.3, -0.25) is 0 Å². The van der Waals surface area contributed by atoms with E-state index in [0.717, 1.165) is 0 Å². The summed E-state index contributed by atoms with van der Waals surface area (Å²) in [4.78, 5) is 4.38. The monoisotopic (exact) mass is 393 g/mol. The fourth-order valence-electron chi connectivity index (χ4n) is 3.17. The SMILES string of the molecule is CCC(F)(F)C(C)(C)CS(=O)(=O)N1CCC(c2noc(C(C)C)n2)CC1. The molecule has 2 heterocycles. The third-order valence-electron chi connectivity index (χ3n) is 5.14. The van der Waals surface area contributed by atoms with Gasteiger partial charge in [0.25, 0.3) is 5.92 Å². The van der Waals surface area contributed by atoms with Gasteiger partial charge < -0.3 is 4.52 Å². The van der Waals surface area contributed by atoms with E-state index in [0.29, 0.717) is 24.6 Å². The van der Waals surface area contributed by atoms with Crippen molar-refractivity contribution in [1.29, 1.82) is 0 Å². The zero-order valence-corrected chi connectivity index (χ0v) is 16.9. The lowest BCUT2D eigenvalue weighted by Crippen LogP contribution is -2.47. The van der Waals surface area contributed by atoms with E-state index in [1.165, 1.54) is 25.1 Å². The molecule has 1 aromatic rings. The lowest BCUT2D eigenvalue weighted by Gasteiger charge is -2.36. The van der Waals surface area contributed by atoms with Crippen molar-refractivity contribution in [1.82, 2.24) is 14.4 Å². The Morgan fingerprint density at radius 3 is 2.31 bits per heavy atom. The molecule has 0 spiro atoms. The molecule has 0 N–H and O–H groups in total. The maximum Gasteiger partial charge on any atom is 0.253 e. The maximum atomic E-state index is 14.1. The number of sulfonamides is 1. The van der Waals surface area contributed by atoms with Gasteiger partial charge in [0.2, 0.25) is 15.9 Å². The molecule has 0 aliphatic carbocycles. The van der Waals surface area contributed by atoms with Gasteiger partial charge in [-0.2, -0.15) is 4.98 Å². The van der Waals surface area contributed by atoms with E-state index >= 15 is 0 Å². The molecule has 0 atom stereocenters. The topological polar surface area (TPSA) is 76.3 Å². The first-order valence-corrected chi connectivity index (χ1v) is 10.7. The average Bonchev–Trinajstić information content (AvgIpc) is 3.04. The number of hydrogen-bond acceptors (Lipinski definition) is 5. The molecule has 9 heteroatoms. The first-order chi connectivity index (χ1) is 11.9.